The summed E-state index contributed by atoms with van der Waals surface area (Å²) in [6.45, 7) is 1.84. The number of phenols is 1. The van der Waals surface area contributed by atoms with Crippen LogP contribution in [0.2, 0.25) is 0 Å². The number of phenolic OH excluding ortho intramolecular Hbond substituents is 1. The number of rotatable bonds is 3. The van der Waals surface area contributed by atoms with E-state index in [1.165, 1.54) is 0 Å². The van der Waals surface area contributed by atoms with Crippen LogP contribution in [0.4, 0.5) is 5.69 Å². The van der Waals surface area contributed by atoms with Gasteiger partial charge in [-0.3, -0.25) is 4.79 Å². The topological polar surface area (TPSA) is 75.4 Å². The number of carbonyl (C=O) groups is 1. The Morgan fingerprint density at radius 1 is 1.29 bits per heavy atom. The summed E-state index contributed by atoms with van der Waals surface area (Å²) in [5.74, 6) is -0.445. The van der Waals surface area contributed by atoms with Crippen LogP contribution in [0.25, 0.3) is 0 Å². The number of thiocarbonyl (C=S) groups is 1. The Hall–Kier alpha value is -1.92. The van der Waals surface area contributed by atoms with Gasteiger partial charge in [0.15, 0.2) is 0 Å². The van der Waals surface area contributed by atoms with Gasteiger partial charge in [0.25, 0.3) is 5.91 Å². The summed E-state index contributed by atoms with van der Waals surface area (Å²) < 4.78 is 0.660. The van der Waals surface area contributed by atoms with Crippen LogP contribution < -0.4 is 11.1 Å². The molecule has 0 aliphatic heterocycles. The molecule has 0 spiro atoms. The van der Waals surface area contributed by atoms with Gasteiger partial charge in [0.05, 0.1) is 11.3 Å². The van der Waals surface area contributed by atoms with Gasteiger partial charge in [-0.15, -0.1) is 0 Å². The Morgan fingerprint density at radius 3 is 2.57 bits per heavy atom. The predicted octanol–water partition coefficient (Wildman–Crippen LogP) is 3.35. The fraction of sp³-hybridized carbons (Fsp3) is 0.0667. The lowest BCUT2D eigenvalue weighted by molar-refractivity contribution is 0.102. The molecule has 0 aromatic heterocycles. The summed E-state index contributed by atoms with van der Waals surface area (Å²) in [6.07, 6.45) is 0. The fourth-order valence-corrected chi connectivity index (χ4v) is 2.40. The summed E-state index contributed by atoms with van der Waals surface area (Å²) in [5.41, 5.74) is 7.91. The molecule has 0 heterocycles. The summed E-state index contributed by atoms with van der Waals surface area (Å²) >= 11 is 8.25. The number of aryl methyl sites for hydroxylation is 1. The second-order valence-corrected chi connectivity index (χ2v) is 5.83. The second-order valence-electron chi connectivity index (χ2n) is 4.53. The number of halogens is 1. The first kappa shape index (κ1) is 15.5. The van der Waals surface area contributed by atoms with E-state index in [1.54, 1.807) is 36.4 Å². The lowest BCUT2D eigenvalue weighted by Gasteiger charge is -2.10. The Bertz CT molecular complexity index is 732. The first-order valence-corrected chi connectivity index (χ1v) is 7.29. The SMILES string of the molecule is Cc1ccc(C(=O)Nc2ccc(C(N)=S)cc2Br)c(O)c1. The molecule has 1 amide bonds. The molecule has 108 valence electrons. The van der Waals surface area contributed by atoms with E-state index in [0.29, 0.717) is 15.7 Å². The monoisotopic (exact) mass is 364 g/mol. The molecular formula is C15H13BrN2O2S. The van der Waals surface area contributed by atoms with E-state index >= 15 is 0 Å². The van der Waals surface area contributed by atoms with E-state index in [4.69, 9.17) is 18.0 Å². The van der Waals surface area contributed by atoms with Gasteiger partial charge in [0.2, 0.25) is 0 Å². The van der Waals surface area contributed by atoms with E-state index in [1.807, 2.05) is 6.92 Å². The lowest BCUT2D eigenvalue weighted by atomic mass is 10.1. The van der Waals surface area contributed by atoms with E-state index in [-0.39, 0.29) is 16.3 Å². The van der Waals surface area contributed by atoms with Crippen molar-refractivity contribution in [1.82, 2.24) is 0 Å². The molecule has 0 aliphatic carbocycles. The van der Waals surface area contributed by atoms with Crippen molar-refractivity contribution in [2.75, 3.05) is 5.32 Å². The van der Waals surface area contributed by atoms with Gasteiger partial charge in [-0.2, -0.15) is 0 Å². The first-order chi connectivity index (χ1) is 9.88. The van der Waals surface area contributed by atoms with Crippen LogP contribution in [-0.2, 0) is 0 Å². The first-order valence-electron chi connectivity index (χ1n) is 6.09. The zero-order valence-corrected chi connectivity index (χ0v) is 13.6. The van der Waals surface area contributed by atoms with Crippen LogP contribution in [0.3, 0.4) is 0 Å². The summed E-state index contributed by atoms with van der Waals surface area (Å²) in [4.78, 5) is 12.5. The van der Waals surface area contributed by atoms with Gasteiger partial charge < -0.3 is 16.2 Å². The standard InChI is InChI=1S/C15H13BrN2O2S/c1-8-2-4-10(13(19)6-8)15(20)18-12-5-3-9(14(17)21)7-11(12)16/h2-7,19H,1H3,(H2,17,21)(H,18,20). The molecule has 21 heavy (non-hydrogen) atoms. The number of hydrogen-bond donors (Lipinski definition) is 3. The number of carbonyl (C=O) groups excluding carboxylic acids is 1. The zero-order chi connectivity index (χ0) is 15.6. The molecule has 4 N–H and O–H groups in total. The number of anilines is 1. The lowest BCUT2D eigenvalue weighted by Crippen LogP contribution is -2.14. The van der Waals surface area contributed by atoms with Crippen LogP contribution in [-0.4, -0.2) is 16.0 Å². The molecule has 0 saturated carbocycles. The van der Waals surface area contributed by atoms with Crippen molar-refractivity contribution in [1.29, 1.82) is 0 Å². The highest BCUT2D eigenvalue weighted by molar-refractivity contribution is 9.10. The number of benzene rings is 2. The van der Waals surface area contributed by atoms with Gasteiger partial charge in [0.1, 0.15) is 10.7 Å². The Morgan fingerprint density at radius 2 is 2.00 bits per heavy atom. The van der Waals surface area contributed by atoms with Crippen LogP contribution in [0.5, 0.6) is 5.75 Å². The molecule has 0 aliphatic rings. The molecule has 2 aromatic carbocycles. The van der Waals surface area contributed by atoms with E-state index in [9.17, 15) is 9.90 Å². The van der Waals surface area contributed by atoms with Crippen LogP contribution in [0.15, 0.2) is 40.9 Å². The maximum Gasteiger partial charge on any atom is 0.259 e. The molecule has 0 saturated heterocycles. The number of nitrogens with two attached hydrogens (primary N) is 1. The molecule has 2 aromatic rings. The molecule has 4 nitrogen and oxygen atoms in total. The van der Waals surface area contributed by atoms with Crippen LogP contribution in [0, 0.1) is 6.92 Å². The Kier molecular flexibility index (Phi) is 4.59. The molecule has 0 fully saturated rings. The van der Waals surface area contributed by atoms with Crippen molar-refractivity contribution in [3.05, 3.63) is 57.6 Å². The number of hydrogen-bond acceptors (Lipinski definition) is 3. The summed E-state index contributed by atoms with van der Waals surface area (Å²) in [6, 6.07) is 10.0. The summed E-state index contributed by atoms with van der Waals surface area (Å²) in [7, 11) is 0. The van der Waals surface area contributed by atoms with Crippen molar-refractivity contribution >= 4 is 44.7 Å². The smallest absolute Gasteiger partial charge is 0.259 e. The average Bonchev–Trinajstić information content (AvgIpc) is 2.40. The highest BCUT2D eigenvalue weighted by atomic mass is 79.9. The third-order valence-corrected chi connectivity index (χ3v) is 3.79. The van der Waals surface area contributed by atoms with Crippen molar-refractivity contribution in [3.63, 3.8) is 0 Å². The molecule has 6 heteroatoms. The second kappa shape index (κ2) is 6.24. The summed E-state index contributed by atoms with van der Waals surface area (Å²) in [5, 5.41) is 12.5. The van der Waals surface area contributed by atoms with E-state index in [2.05, 4.69) is 21.2 Å². The number of aromatic hydroxyl groups is 1. The molecular weight excluding hydrogens is 352 g/mol. The Labute approximate surface area is 136 Å². The average molecular weight is 365 g/mol. The van der Waals surface area contributed by atoms with Gasteiger partial charge >= 0.3 is 0 Å². The van der Waals surface area contributed by atoms with Gasteiger partial charge in [-0.1, -0.05) is 18.3 Å². The quantitative estimate of drug-likeness (QED) is 0.730. The van der Waals surface area contributed by atoms with Crippen molar-refractivity contribution in [3.8, 4) is 5.75 Å². The van der Waals surface area contributed by atoms with Crippen molar-refractivity contribution in [2.24, 2.45) is 5.73 Å². The minimum absolute atomic E-state index is 0.0524. The van der Waals surface area contributed by atoms with E-state index in [0.717, 1.165) is 5.56 Å². The maximum atomic E-state index is 12.2. The Balaban J connectivity index is 2.25. The predicted molar refractivity (Wildman–Crippen MR) is 90.8 cm³/mol. The van der Waals surface area contributed by atoms with Crippen LogP contribution >= 0.6 is 28.1 Å². The normalized spacial score (nSPS) is 10.2. The maximum absolute atomic E-state index is 12.2. The van der Waals surface area contributed by atoms with E-state index < -0.39 is 5.91 Å². The molecule has 0 bridgehead atoms. The van der Waals surface area contributed by atoms with Crippen molar-refractivity contribution in [2.45, 2.75) is 6.92 Å². The highest BCUT2D eigenvalue weighted by Crippen LogP contribution is 2.26. The molecule has 0 atom stereocenters. The number of nitrogens with one attached hydrogen (secondary N) is 1. The van der Waals surface area contributed by atoms with Gasteiger partial charge in [0, 0.05) is 10.0 Å². The largest absolute Gasteiger partial charge is 0.507 e. The number of amides is 1. The minimum atomic E-state index is -0.392. The highest BCUT2D eigenvalue weighted by Gasteiger charge is 2.13. The van der Waals surface area contributed by atoms with Crippen LogP contribution in [0.1, 0.15) is 21.5 Å². The third-order valence-electron chi connectivity index (χ3n) is 2.90. The third kappa shape index (κ3) is 3.59. The van der Waals surface area contributed by atoms with Gasteiger partial charge in [-0.05, 0) is 58.7 Å². The molecule has 0 radical (unpaired) electrons. The molecule has 0 unspecified atom stereocenters. The van der Waals surface area contributed by atoms with Gasteiger partial charge in [-0.25, -0.2) is 0 Å². The molecule has 2 rings (SSSR count). The van der Waals surface area contributed by atoms with Crippen molar-refractivity contribution < 1.29 is 9.90 Å². The minimum Gasteiger partial charge on any atom is -0.507 e. The fourth-order valence-electron chi connectivity index (χ4n) is 1.79. The zero-order valence-electron chi connectivity index (χ0n) is 11.2.